The van der Waals surface area contributed by atoms with Crippen molar-refractivity contribution in [1.82, 2.24) is 4.98 Å². The number of amides is 1. The SMILES string of the molecule is Cc1cc(NC(=O)c2cccc(N)c2O)ncc1Br. The minimum Gasteiger partial charge on any atom is -0.505 e. The Bertz CT molecular complexity index is 644. The van der Waals surface area contributed by atoms with Crippen molar-refractivity contribution in [3.63, 3.8) is 0 Å². The van der Waals surface area contributed by atoms with Gasteiger partial charge in [0.15, 0.2) is 5.75 Å². The molecule has 0 saturated carbocycles. The Morgan fingerprint density at radius 2 is 2.21 bits per heavy atom. The molecule has 6 heteroatoms. The number of aryl methyl sites for hydroxylation is 1. The zero-order chi connectivity index (χ0) is 14.0. The lowest BCUT2D eigenvalue weighted by Gasteiger charge is -2.08. The third kappa shape index (κ3) is 2.85. The Morgan fingerprint density at radius 3 is 2.89 bits per heavy atom. The van der Waals surface area contributed by atoms with Gasteiger partial charge in [-0.2, -0.15) is 0 Å². The highest BCUT2D eigenvalue weighted by Crippen LogP contribution is 2.25. The zero-order valence-corrected chi connectivity index (χ0v) is 11.7. The smallest absolute Gasteiger partial charge is 0.260 e. The number of nitrogen functional groups attached to an aromatic ring is 1. The van der Waals surface area contributed by atoms with Crippen molar-refractivity contribution in [2.45, 2.75) is 6.92 Å². The van der Waals surface area contributed by atoms with Crippen molar-refractivity contribution in [3.05, 3.63) is 46.1 Å². The van der Waals surface area contributed by atoms with Crippen molar-refractivity contribution >= 4 is 33.3 Å². The quantitative estimate of drug-likeness (QED) is 0.586. The number of para-hydroxylation sites is 1. The predicted octanol–water partition coefficient (Wildman–Crippen LogP) is 2.69. The molecule has 0 aliphatic carbocycles. The number of halogens is 1. The van der Waals surface area contributed by atoms with Crippen LogP contribution in [0.25, 0.3) is 0 Å². The van der Waals surface area contributed by atoms with E-state index in [4.69, 9.17) is 5.73 Å². The van der Waals surface area contributed by atoms with Crippen LogP contribution in [0.4, 0.5) is 11.5 Å². The first kappa shape index (κ1) is 13.4. The Kier molecular flexibility index (Phi) is 3.71. The van der Waals surface area contributed by atoms with Gasteiger partial charge < -0.3 is 16.2 Å². The van der Waals surface area contributed by atoms with E-state index in [1.807, 2.05) is 6.92 Å². The minimum atomic E-state index is -0.459. The molecule has 0 saturated heterocycles. The number of hydrogen-bond donors (Lipinski definition) is 3. The van der Waals surface area contributed by atoms with E-state index in [1.54, 1.807) is 18.3 Å². The van der Waals surface area contributed by atoms with Crippen LogP contribution in [0, 0.1) is 6.92 Å². The highest BCUT2D eigenvalue weighted by atomic mass is 79.9. The number of aromatic hydroxyl groups is 1. The Balaban J connectivity index is 2.26. The number of rotatable bonds is 2. The van der Waals surface area contributed by atoms with Gasteiger partial charge in [-0.15, -0.1) is 0 Å². The number of hydrogen-bond acceptors (Lipinski definition) is 4. The number of aromatic nitrogens is 1. The normalized spacial score (nSPS) is 10.2. The number of nitrogens with two attached hydrogens (primary N) is 1. The van der Waals surface area contributed by atoms with Gasteiger partial charge in [0.2, 0.25) is 0 Å². The number of anilines is 2. The van der Waals surface area contributed by atoms with Gasteiger partial charge in [0.05, 0.1) is 11.3 Å². The molecular weight excluding hydrogens is 310 g/mol. The van der Waals surface area contributed by atoms with Gasteiger partial charge in [-0.05, 0) is 46.6 Å². The Labute approximate surface area is 118 Å². The number of carbonyl (C=O) groups excluding carboxylic acids is 1. The highest BCUT2D eigenvalue weighted by molar-refractivity contribution is 9.10. The highest BCUT2D eigenvalue weighted by Gasteiger charge is 2.13. The summed E-state index contributed by atoms with van der Waals surface area (Å²) in [5.74, 6) is -0.277. The van der Waals surface area contributed by atoms with Gasteiger partial charge in [0.25, 0.3) is 5.91 Å². The van der Waals surface area contributed by atoms with Crippen LogP contribution in [0.3, 0.4) is 0 Å². The summed E-state index contributed by atoms with van der Waals surface area (Å²) >= 11 is 3.33. The zero-order valence-electron chi connectivity index (χ0n) is 10.1. The van der Waals surface area contributed by atoms with Crippen LogP contribution >= 0.6 is 15.9 Å². The first-order valence-corrected chi connectivity index (χ1v) is 6.29. The van der Waals surface area contributed by atoms with Crippen molar-refractivity contribution in [3.8, 4) is 5.75 Å². The number of pyridine rings is 1. The molecule has 0 aliphatic rings. The molecule has 1 amide bonds. The Hall–Kier alpha value is -2.08. The van der Waals surface area contributed by atoms with E-state index in [9.17, 15) is 9.90 Å². The molecule has 2 aromatic rings. The van der Waals surface area contributed by atoms with Crippen LogP contribution in [-0.2, 0) is 0 Å². The van der Waals surface area contributed by atoms with E-state index in [-0.39, 0.29) is 17.0 Å². The second-order valence-corrected chi connectivity index (χ2v) is 4.87. The van der Waals surface area contributed by atoms with Crippen LogP contribution < -0.4 is 11.1 Å². The van der Waals surface area contributed by atoms with E-state index in [2.05, 4.69) is 26.2 Å². The predicted molar refractivity (Wildman–Crippen MR) is 77.1 cm³/mol. The fraction of sp³-hybridized carbons (Fsp3) is 0.0769. The Morgan fingerprint density at radius 1 is 1.47 bits per heavy atom. The molecule has 5 nitrogen and oxygen atoms in total. The van der Waals surface area contributed by atoms with Gasteiger partial charge in [0.1, 0.15) is 5.82 Å². The molecule has 0 bridgehead atoms. The van der Waals surface area contributed by atoms with Gasteiger partial charge >= 0.3 is 0 Å². The topological polar surface area (TPSA) is 88.2 Å². The lowest BCUT2D eigenvalue weighted by atomic mass is 10.1. The lowest BCUT2D eigenvalue weighted by molar-refractivity contribution is 0.102. The van der Waals surface area contributed by atoms with Gasteiger partial charge in [0, 0.05) is 10.7 Å². The first-order chi connectivity index (χ1) is 8.99. The van der Waals surface area contributed by atoms with Crippen LogP contribution in [-0.4, -0.2) is 16.0 Å². The molecule has 0 atom stereocenters. The van der Waals surface area contributed by atoms with Gasteiger partial charge in [-0.3, -0.25) is 4.79 Å². The van der Waals surface area contributed by atoms with E-state index in [1.165, 1.54) is 12.1 Å². The maximum absolute atomic E-state index is 12.0. The molecule has 2 rings (SSSR count). The molecule has 1 aromatic carbocycles. The van der Waals surface area contributed by atoms with Crippen LogP contribution in [0.2, 0.25) is 0 Å². The monoisotopic (exact) mass is 321 g/mol. The molecular formula is C13H12BrN3O2. The molecule has 0 aliphatic heterocycles. The second-order valence-electron chi connectivity index (χ2n) is 4.02. The third-order valence-corrected chi connectivity index (χ3v) is 3.43. The fourth-order valence-corrected chi connectivity index (χ4v) is 1.75. The molecule has 4 N–H and O–H groups in total. The molecule has 0 unspecified atom stereocenters. The number of phenolic OH excluding ortho intramolecular Hbond substituents is 1. The number of phenols is 1. The number of nitrogens with one attached hydrogen (secondary N) is 1. The summed E-state index contributed by atoms with van der Waals surface area (Å²) in [5.41, 5.74) is 6.76. The summed E-state index contributed by atoms with van der Waals surface area (Å²) in [6.45, 7) is 1.89. The number of nitrogens with zero attached hydrogens (tertiary/aromatic N) is 1. The number of benzene rings is 1. The molecule has 0 radical (unpaired) electrons. The van der Waals surface area contributed by atoms with Crippen molar-refractivity contribution < 1.29 is 9.90 Å². The molecule has 1 heterocycles. The molecule has 1 aromatic heterocycles. The van der Waals surface area contributed by atoms with E-state index in [0.717, 1.165) is 10.0 Å². The van der Waals surface area contributed by atoms with Crippen molar-refractivity contribution in [2.24, 2.45) is 0 Å². The maximum Gasteiger partial charge on any atom is 0.260 e. The van der Waals surface area contributed by atoms with E-state index >= 15 is 0 Å². The van der Waals surface area contributed by atoms with Crippen LogP contribution in [0.1, 0.15) is 15.9 Å². The first-order valence-electron chi connectivity index (χ1n) is 5.50. The van der Waals surface area contributed by atoms with Crippen LogP contribution in [0.5, 0.6) is 5.75 Å². The summed E-state index contributed by atoms with van der Waals surface area (Å²) in [6.07, 6.45) is 1.60. The fourth-order valence-electron chi connectivity index (χ4n) is 1.54. The summed E-state index contributed by atoms with van der Waals surface area (Å²) in [6, 6.07) is 6.34. The van der Waals surface area contributed by atoms with E-state index in [0.29, 0.717) is 5.82 Å². The average Bonchev–Trinajstić information content (AvgIpc) is 2.37. The number of carbonyl (C=O) groups is 1. The van der Waals surface area contributed by atoms with Gasteiger partial charge in [-0.1, -0.05) is 6.07 Å². The molecule has 19 heavy (non-hydrogen) atoms. The standard InChI is InChI=1S/C13H12BrN3O2/c1-7-5-11(16-6-9(7)14)17-13(19)8-3-2-4-10(15)12(8)18/h2-6,18H,15H2,1H3,(H,16,17,19). The van der Waals surface area contributed by atoms with Crippen LogP contribution in [0.15, 0.2) is 34.9 Å². The summed E-state index contributed by atoms with van der Waals surface area (Å²) in [4.78, 5) is 16.1. The van der Waals surface area contributed by atoms with Crippen molar-refractivity contribution in [1.29, 1.82) is 0 Å². The summed E-state index contributed by atoms with van der Waals surface area (Å²) in [5, 5.41) is 12.3. The largest absolute Gasteiger partial charge is 0.505 e. The van der Waals surface area contributed by atoms with E-state index < -0.39 is 5.91 Å². The van der Waals surface area contributed by atoms with Gasteiger partial charge in [-0.25, -0.2) is 4.98 Å². The average molecular weight is 322 g/mol. The van der Waals surface area contributed by atoms with Crippen molar-refractivity contribution in [2.75, 3.05) is 11.1 Å². The maximum atomic E-state index is 12.0. The third-order valence-electron chi connectivity index (χ3n) is 2.60. The summed E-state index contributed by atoms with van der Waals surface area (Å²) in [7, 11) is 0. The molecule has 0 fully saturated rings. The summed E-state index contributed by atoms with van der Waals surface area (Å²) < 4.78 is 0.859. The lowest BCUT2D eigenvalue weighted by Crippen LogP contribution is -2.13. The minimum absolute atomic E-state index is 0.113. The molecule has 98 valence electrons. The molecule has 0 spiro atoms. The second kappa shape index (κ2) is 5.27.